The van der Waals surface area contributed by atoms with E-state index in [2.05, 4.69) is 17.0 Å². The van der Waals surface area contributed by atoms with Gasteiger partial charge in [-0.25, -0.2) is 0 Å². The summed E-state index contributed by atoms with van der Waals surface area (Å²) in [4.78, 5) is 14.7. The second kappa shape index (κ2) is 6.58. The first kappa shape index (κ1) is 17.0. The van der Waals surface area contributed by atoms with Crippen LogP contribution < -0.4 is 0 Å². The van der Waals surface area contributed by atoms with Crippen molar-refractivity contribution < 1.29 is 9.53 Å². The maximum absolute atomic E-state index is 12.6. The Morgan fingerprint density at radius 2 is 1.71 bits per heavy atom. The Morgan fingerprint density at radius 1 is 1.08 bits per heavy atom. The molecule has 0 spiro atoms. The molecule has 2 aromatic carbocycles. The number of hydrogen-bond donors (Lipinski definition) is 0. The number of halogens is 1. The first-order chi connectivity index (χ1) is 11.3. The first-order valence-electron chi connectivity index (χ1n) is 8.13. The Kier molecular flexibility index (Phi) is 4.66. The topological polar surface area (TPSA) is 29.3 Å². The van der Waals surface area contributed by atoms with Gasteiger partial charge in [0.15, 0.2) is 0 Å². The minimum Gasteiger partial charge on any atom is -0.459 e. The molecule has 2 aromatic rings. The van der Waals surface area contributed by atoms with E-state index in [4.69, 9.17) is 16.3 Å². The lowest BCUT2D eigenvalue weighted by atomic mass is 10.1. The van der Waals surface area contributed by atoms with Gasteiger partial charge in [-0.3, -0.25) is 9.69 Å². The van der Waals surface area contributed by atoms with Crippen molar-refractivity contribution in [3.8, 4) is 0 Å². The van der Waals surface area contributed by atoms with Crippen LogP contribution in [0.2, 0.25) is 5.02 Å². The van der Waals surface area contributed by atoms with Crippen molar-refractivity contribution in [3.63, 3.8) is 0 Å². The van der Waals surface area contributed by atoms with Crippen molar-refractivity contribution in [2.75, 3.05) is 0 Å². The summed E-state index contributed by atoms with van der Waals surface area (Å²) >= 11 is 5.98. The summed E-state index contributed by atoms with van der Waals surface area (Å²) in [6, 6.07) is 17.6. The maximum Gasteiger partial charge on any atom is 0.325 e. The first-order valence-corrected chi connectivity index (χ1v) is 8.51. The SMILES string of the molecule is CC(C)(C)OC(=O)C1C(c2ccc(Cl)cc2)N1Cc1ccccc1. The number of rotatable bonds is 4. The highest BCUT2D eigenvalue weighted by molar-refractivity contribution is 6.30. The van der Waals surface area contributed by atoms with E-state index in [9.17, 15) is 4.79 Å². The van der Waals surface area contributed by atoms with Crippen molar-refractivity contribution in [3.05, 3.63) is 70.7 Å². The zero-order chi connectivity index (χ0) is 17.3. The number of ether oxygens (including phenoxy) is 1. The second-order valence-corrected chi connectivity index (χ2v) is 7.57. The second-order valence-electron chi connectivity index (χ2n) is 7.13. The summed E-state index contributed by atoms with van der Waals surface area (Å²) in [5.74, 6) is -0.168. The van der Waals surface area contributed by atoms with Gasteiger partial charge in [-0.15, -0.1) is 0 Å². The van der Waals surface area contributed by atoms with Gasteiger partial charge < -0.3 is 4.74 Å². The Morgan fingerprint density at radius 3 is 2.29 bits per heavy atom. The molecule has 0 aliphatic carbocycles. The molecule has 3 nitrogen and oxygen atoms in total. The van der Waals surface area contributed by atoms with Gasteiger partial charge in [-0.1, -0.05) is 54.1 Å². The van der Waals surface area contributed by atoms with Crippen molar-refractivity contribution in [1.29, 1.82) is 0 Å². The summed E-state index contributed by atoms with van der Waals surface area (Å²) in [6.45, 7) is 6.41. The van der Waals surface area contributed by atoms with Gasteiger partial charge in [-0.05, 0) is 44.0 Å². The fraction of sp³-hybridized carbons (Fsp3) is 0.350. The predicted octanol–water partition coefficient (Wildman–Crippen LogP) is 4.61. The summed E-state index contributed by atoms with van der Waals surface area (Å²) in [5.41, 5.74) is 1.79. The van der Waals surface area contributed by atoms with Crippen LogP contribution in [0.1, 0.15) is 37.9 Å². The zero-order valence-electron chi connectivity index (χ0n) is 14.2. The lowest BCUT2D eigenvalue weighted by Gasteiger charge is -2.19. The van der Waals surface area contributed by atoms with Crippen LogP contribution in [0.4, 0.5) is 0 Å². The van der Waals surface area contributed by atoms with Crippen LogP contribution >= 0.6 is 11.6 Å². The average molecular weight is 344 g/mol. The third-order valence-electron chi connectivity index (χ3n) is 3.99. The Balaban J connectivity index is 1.80. The maximum atomic E-state index is 12.6. The number of carbonyl (C=O) groups excluding carboxylic acids is 1. The lowest BCUT2D eigenvalue weighted by Crippen LogP contribution is -2.28. The van der Waals surface area contributed by atoms with Crippen molar-refractivity contribution in [2.24, 2.45) is 0 Å². The number of carbonyl (C=O) groups is 1. The van der Waals surface area contributed by atoms with Gasteiger partial charge in [-0.2, -0.15) is 0 Å². The fourth-order valence-electron chi connectivity index (χ4n) is 2.93. The lowest BCUT2D eigenvalue weighted by molar-refractivity contribution is -0.155. The molecule has 3 unspecified atom stereocenters. The summed E-state index contributed by atoms with van der Waals surface area (Å²) in [6.07, 6.45) is 0. The molecule has 0 saturated carbocycles. The molecule has 1 aliphatic heterocycles. The van der Waals surface area contributed by atoms with Crippen LogP contribution in [0.5, 0.6) is 0 Å². The van der Waals surface area contributed by atoms with E-state index < -0.39 is 5.60 Å². The molecule has 0 amide bonds. The molecule has 1 fully saturated rings. The van der Waals surface area contributed by atoms with E-state index in [0.29, 0.717) is 5.02 Å². The number of nitrogens with zero attached hydrogens (tertiary/aromatic N) is 1. The molecular formula is C20H22ClNO2. The Bertz CT molecular complexity index is 707. The highest BCUT2D eigenvalue weighted by Gasteiger charge is 2.54. The van der Waals surface area contributed by atoms with Crippen LogP contribution in [0.15, 0.2) is 54.6 Å². The Labute approximate surface area is 148 Å². The van der Waals surface area contributed by atoms with Crippen molar-refractivity contribution in [1.82, 2.24) is 4.90 Å². The highest BCUT2D eigenvalue weighted by Crippen LogP contribution is 2.45. The van der Waals surface area contributed by atoms with Gasteiger partial charge in [0.2, 0.25) is 0 Å². The van der Waals surface area contributed by atoms with E-state index in [1.165, 1.54) is 5.56 Å². The quantitative estimate of drug-likeness (QED) is 0.599. The molecule has 1 heterocycles. The molecule has 3 rings (SSSR count). The van der Waals surface area contributed by atoms with Gasteiger partial charge in [0.05, 0.1) is 6.04 Å². The van der Waals surface area contributed by atoms with Gasteiger partial charge in [0.1, 0.15) is 11.6 Å². The molecular weight excluding hydrogens is 322 g/mol. The highest BCUT2D eigenvalue weighted by atomic mass is 35.5. The number of benzene rings is 2. The van der Waals surface area contributed by atoms with Gasteiger partial charge in [0, 0.05) is 11.6 Å². The normalized spacial score (nSPS) is 22.9. The predicted molar refractivity (Wildman–Crippen MR) is 95.8 cm³/mol. The number of hydrogen-bond acceptors (Lipinski definition) is 3. The largest absolute Gasteiger partial charge is 0.459 e. The third kappa shape index (κ3) is 3.97. The van der Waals surface area contributed by atoms with E-state index in [-0.39, 0.29) is 18.1 Å². The summed E-state index contributed by atoms with van der Waals surface area (Å²) in [7, 11) is 0. The molecule has 0 bridgehead atoms. The fourth-order valence-corrected chi connectivity index (χ4v) is 3.05. The molecule has 3 atom stereocenters. The van der Waals surface area contributed by atoms with Crippen LogP contribution in [-0.2, 0) is 16.1 Å². The minimum absolute atomic E-state index is 0.0392. The summed E-state index contributed by atoms with van der Waals surface area (Å²) in [5, 5.41) is 0.697. The number of esters is 1. The molecule has 0 aromatic heterocycles. The van der Waals surface area contributed by atoms with Crippen LogP contribution in [0, 0.1) is 0 Å². The molecule has 4 heteroatoms. The van der Waals surface area contributed by atoms with Crippen LogP contribution in [0.25, 0.3) is 0 Å². The van der Waals surface area contributed by atoms with Crippen molar-refractivity contribution in [2.45, 2.75) is 45.0 Å². The molecule has 24 heavy (non-hydrogen) atoms. The molecule has 0 radical (unpaired) electrons. The monoisotopic (exact) mass is 343 g/mol. The molecule has 1 aliphatic rings. The van der Waals surface area contributed by atoms with E-state index in [0.717, 1.165) is 12.1 Å². The third-order valence-corrected chi connectivity index (χ3v) is 4.24. The molecule has 1 saturated heterocycles. The average Bonchev–Trinajstić information content (AvgIpc) is 3.21. The Hall–Kier alpha value is -1.84. The van der Waals surface area contributed by atoms with Gasteiger partial charge >= 0.3 is 5.97 Å². The molecule has 0 N–H and O–H groups in total. The van der Waals surface area contributed by atoms with E-state index in [1.54, 1.807) is 0 Å². The van der Waals surface area contributed by atoms with Crippen LogP contribution in [-0.4, -0.2) is 22.5 Å². The zero-order valence-corrected chi connectivity index (χ0v) is 15.0. The van der Waals surface area contributed by atoms with E-state index in [1.807, 2.05) is 63.2 Å². The van der Waals surface area contributed by atoms with Crippen LogP contribution in [0.3, 0.4) is 0 Å². The van der Waals surface area contributed by atoms with Gasteiger partial charge in [0.25, 0.3) is 0 Å². The minimum atomic E-state index is -0.483. The smallest absolute Gasteiger partial charge is 0.325 e. The standard InChI is InChI=1S/C20H22ClNO2/c1-20(2,3)24-19(23)18-17(15-9-11-16(21)12-10-15)22(18)13-14-7-5-4-6-8-14/h4-12,17-18H,13H2,1-3H3. The molecule has 126 valence electrons. The van der Waals surface area contributed by atoms with E-state index >= 15 is 0 Å². The van der Waals surface area contributed by atoms with Crippen molar-refractivity contribution >= 4 is 17.6 Å². The summed E-state index contributed by atoms with van der Waals surface area (Å²) < 4.78 is 5.60.